The number of aromatic nitrogens is 2. The average molecular weight is 335 g/mol. The lowest BCUT2D eigenvalue weighted by Gasteiger charge is -2.13. The lowest BCUT2D eigenvalue weighted by molar-refractivity contribution is -0.137. The van der Waals surface area contributed by atoms with Gasteiger partial charge in [-0.2, -0.15) is 13.2 Å². The number of imidazole rings is 1. The monoisotopic (exact) mass is 335 g/mol. The van der Waals surface area contributed by atoms with Gasteiger partial charge in [0.25, 0.3) is 0 Å². The number of hydrogen-bond donors (Lipinski definition) is 1. The molecule has 1 N–H and O–H groups in total. The fraction of sp³-hybridized carbons (Fsp3) is 0.353. The summed E-state index contributed by atoms with van der Waals surface area (Å²) < 4.78 is 46.2. The van der Waals surface area contributed by atoms with Gasteiger partial charge in [-0.25, -0.2) is 4.98 Å². The molecule has 0 spiro atoms. The zero-order valence-electron chi connectivity index (χ0n) is 12.8. The predicted octanol–water partition coefficient (Wildman–Crippen LogP) is 4.12. The summed E-state index contributed by atoms with van der Waals surface area (Å²) in [4.78, 5) is 4.51. The van der Waals surface area contributed by atoms with E-state index >= 15 is 0 Å². The Labute approximate surface area is 136 Å². The third-order valence-corrected chi connectivity index (χ3v) is 4.37. The van der Waals surface area contributed by atoms with E-state index in [9.17, 15) is 13.2 Å². The van der Waals surface area contributed by atoms with Gasteiger partial charge in [0, 0.05) is 0 Å². The number of furan rings is 1. The van der Waals surface area contributed by atoms with Crippen LogP contribution < -0.4 is 5.32 Å². The Morgan fingerprint density at radius 2 is 2.17 bits per heavy atom. The van der Waals surface area contributed by atoms with Crippen molar-refractivity contribution in [3.8, 4) is 0 Å². The van der Waals surface area contributed by atoms with Gasteiger partial charge in [0.15, 0.2) is 0 Å². The molecule has 7 heteroatoms. The standard InChI is InChI=1S/C17H16F3N3O/c18-17(19,20)11-5-6-15-14(9-11)22-16(13-4-1-7-21-13)23(15)10-12-3-2-8-24-12/h2-3,5-6,8-9,13,21H,1,4,7,10H2. The molecule has 1 aliphatic rings. The Bertz CT molecular complexity index is 846. The van der Waals surface area contributed by atoms with E-state index < -0.39 is 11.7 Å². The quantitative estimate of drug-likeness (QED) is 0.783. The minimum Gasteiger partial charge on any atom is -0.467 e. The molecule has 24 heavy (non-hydrogen) atoms. The first-order valence-electron chi connectivity index (χ1n) is 7.85. The van der Waals surface area contributed by atoms with E-state index in [0.717, 1.165) is 43.1 Å². The van der Waals surface area contributed by atoms with Gasteiger partial charge in [0.2, 0.25) is 0 Å². The van der Waals surface area contributed by atoms with Crippen molar-refractivity contribution in [2.24, 2.45) is 0 Å². The molecule has 0 aliphatic carbocycles. The molecule has 1 aliphatic heterocycles. The van der Waals surface area contributed by atoms with Gasteiger partial charge in [0.05, 0.1) is 35.4 Å². The van der Waals surface area contributed by atoms with Crippen LogP contribution in [0.25, 0.3) is 11.0 Å². The van der Waals surface area contributed by atoms with Crippen LogP contribution in [0.3, 0.4) is 0 Å². The molecule has 0 bridgehead atoms. The van der Waals surface area contributed by atoms with Crippen molar-refractivity contribution in [2.45, 2.75) is 31.6 Å². The van der Waals surface area contributed by atoms with E-state index in [2.05, 4.69) is 10.3 Å². The number of nitrogens with zero attached hydrogens (tertiary/aromatic N) is 2. The van der Waals surface area contributed by atoms with Crippen LogP contribution in [0.5, 0.6) is 0 Å². The van der Waals surface area contributed by atoms with Gasteiger partial charge < -0.3 is 14.3 Å². The van der Waals surface area contributed by atoms with Crippen molar-refractivity contribution in [3.05, 3.63) is 53.7 Å². The zero-order valence-corrected chi connectivity index (χ0v) is 12.8. The van der Waals surface area contributed by atoms with Crippen LogP contribution in [0.4, 0.5) is 13.2 Å². The third kappa shape index (κ3) is 2.69. The number of hydrogen-bond acceptors (Lipinski definition) is 3. The molecule has 3 aromatic rings. The van der Waals surface area contributed by atoms with E-state index in [1.807, 2.05) is 10.6 Å². The van der Waals surface area contributed by atoms with Gasteiger partial charge in [-0.3, -0.25) is 0 Å². The number of benzene rings is 1. The van der Waals surface area contributed by atoms with Crippen molar-refractivity contribution in [3.63, 3.8) is 0 Å². The van der Waals surface area contributed by atoms with Gasteiger partial charge in [-0.05, 0) is 49.7 Å². The van der Waals surface area contributed by atoms with Gasteiger partial charge in [-0.15, -0.1) is 0 Å². The molecular formula is C17H16F3N3O. The molecule has 0 amide bonds. The molecule has 1 unspecified atom stereocenters. The van der Waals surface area contributed by atoms with E-state index in [1.54, 1.807) is 12.3 Å². The fourth-order valence-corrected chi connectivity index (χ4v) is 3.22. The van der Waals surface area contributed by atoms with Crippen LogP contribution in [0.1, 0.15) is 36.0 Å². The van der Waals surface area contributed by atoms with Crippen LogP contribution in [-0.2, 0) is 12.7 Å². The number of rotatable bonds is 3. The maximum atomic E-state index is 13.0. The van der Waals surface area contributed by atoms with E-state index in [4.69, 9.17) is 4.42 Å². The smallest absolute Gasteiger partial charge is 0.416 e. The predicted molar refractivity (Wildman–Crippen MR) is 82.5 cm³/mol. The lowest BCUT2D eigenvalue weighted by Crippen LogP contribution is -2.18. The van der Waals surface area contributed by atoms with Crippen LogP contribution in [0.15, 0.2) is 41.0 Å². The second kappa shape index (κ2) is 5.66. The third-order valence-electron chi connectivity index (χ3n) is 4.37. The minimum absolute atomic E-state index is 0.0571. The summed E-state index contributed by atoms with van der Waals surface area (Å²) in [6.45, 7) is 1.34. The van der Waals surface area contributed by atoms with E-state index in [1.165, 1.54) is 6.07 Å². The Morgan fingerprint density at radius 1 is 1.29 bits per heavy atom. The van der Waals surface area contributed by atoms with Crippen molar-refractivity contribution in [2.75, 3.05) is 6.54 Å². The molecular weight excluding hydrogens is 319 g/mol. The van der Waals surface area contributed by atoms with E-state index in [0.29, 0.717) is 17.6 Å². The topological polar surface area (TPSA) is 43.0 Å². The maximum absolute atomic E-state index is 13.0. The molecule has 0 saturated carbocycles. The number of halogens is 3. The first-order chi connectivity index (χ1) is 11.5. The number of nitrogens with one attached hydrogen (secondary N) is 1. The molecule has 126 valence electrons. The van der Waals surface area contributed by atoms with Crippen molar-refractivity contribution in [1.82, 2.24) is 14.9 Å². The largest absolute Gasteiger partial charge is 0.467 e. The van der Waals surface area contributed by atoms with Gasteiger partial charge in [-0.1, -0.05) is 0 Å². The Hall–Kier alpha value is -2.28. The second-order valence-electron chi connectivity index (χ2n) is 5.99. The summed E-state index contributed by atoms with van der Waals surface area (Å²) in [6, 6.07) is 7.42. The van der Waals surface area contributed by atoms with Crippen molar-refractivity contribution in [1.29, 1.82) is 0 Å². The summed E-state index contributed by atoms with van der Waals surface area (Å²) in [5.41, 5.74) is 0.367. The molecule has 1 saturated heterocycles. The first kappa shape index (κ1) is 15.3. The summed E-state index contributed by atoms with van der Waals surface area (Å²) in [6.07, 6.45) is -0.829. The highest BCUT2D eigenvalue weighted by atomic mass is 19.4. The van der Waals surface area contributed by atoms with E-state index in [-0.39, 0.29) is 6.04 Å². The van der Waals surface area contributed by atoms with Crippen molar-refractivity contribution < 1.29 is 17.6 Å². The minimum atomic E-state index is -4.37. The average Bonchev–Trinajstić information content (AvgIpc) is 3.27. The maximum Gasteiger partial charge on any atom is 0.416 e. The van der Waals surface area contributed by atoms with Crippen LogP contribution >= 0.6 is 0 Å². The molecule has 3 heterocycles. The van der Waals surface area contributed by atoms with Gasteiger partial charge >= 0.3 is 6.18 Å². The second-order valence-corrected chi connectivity index (χ2v) is 5.99. The summed E-state index contributed by atoms with van der Waals surface area (Å²) >= 11 is 0. The summed E-state index contributed by atoms with van der Waals surface area (Å²) in [5.74, 6) is 1.51. The molecule has 2 aromatic heterocycles. The highest BCUT2D eigenvalue weighted by Crippen LogP contribution is 2.33. The molecule has 1 aromatic carbocycles. The number of fused-ring (bicyclic) bond motifs is 1. The molecule has 4 nitrogen and oxygen atoms in total. The Kier molecular flexibility index (Phi) is 3.60. The number of alkyl halides is 3. The fourth-order valence-electron chi connectivity index (χ4n) is 3.22. The Morgan fingerprint density at radius 3 is 2.83 bits per heavy atom. The van der Waals surface area contributed by atoms with Crippen LogP contribution in [-0.4, -0.2) is 16.1 Å². The molecule has 4 rings (SSSR count). The summed E-state index contributed by atoms with van der Waals surface area (Å²) in [7, 11) is 0. The van der Waals surface area contributed by atoms with Crippen LogP contribution in [0.2, 0.25) is 0 Å². The Balaban J connectivity index is 1.84. The van der Waals surface area contributed by atoms with Gasteiger partial charge in [0.1, 0.15) is 11.6 Å². The normalized spacial score (nSPS) is 18.5. The summed E-state index contributed by atoms with van der Waals surface area (Å²) in [5, 5.41) is 3.36. The first-order valence-corrected chi connectivity index (χ1v) is 7.85. The zero-order chi connectivity index (χ0) is 16.7. The highest BCUT2D eigenvalue weighted by Gasteiger charge is 2.31. The van der Waals surface area contributed by atoms with Crippen LogP contribution in [0, 0.1) is 0 Å². The molecule has 0 radical (unpaired) electrons. The molecule has 1 atom stereocenters. The van der Waals surface area contributed by atoms with Crippen molar-refractivity contribution >= 4 is 11.0 Å². The lowest BCUT2D eigenvalue weighted by atomic mass is 10.2. The highest BCUT2D eigenvalue weighted by molar-refractivity contribution is 5.77. The molecule has 1 fully saturated rings. The SMILES string of the molecule is FC(F)(F)c1ccc2c(c1)nc(C1CCCN1)n2Cc1ccco1.